The van der Waals surface area contributed by atoms with Gasteiger partial charge in [0.25, 0.3) is 5.91 Å². The van der Waals surface area contributed by atoms with Gasteiger partial charge in [0.1, 0.15) is 17.5 Å². The van der Waals surface area contributed by atoms with Gasteiger partial charge in [0, 0.05) is 67.4 Å². The van der Waals surface area contributed by atoms with E-state index in [4.69, 9.17) is 21.1 Å². The summed E-state index contributed by atoms with van der Waals surface area (Å²) in [5.74, 6) is 0.388. The highest BCUT2D eigenvalue weighted by Gasteiger charge is 2.31. The summed E-state index contributed by atoms with van der Waals surface area (Å²) in [7, 11) is 1.40. The summed E-state index contributed by atoms with van der Waals surface area (Å²) in [5, 5.41) is 7.04. The maximum absolute atomic E-state index is 12.8. The number of nitrogens with zero attached hydrogens (tertiary/aromatic N) is 2. The van der Waals surface area contributed by atoms with E-state index in [1.54, 1.807) is 29.3 Å². The van der Waals surface area contributed by atoms with Gasteiger partial charge in [-0.15, -0.1) is 0 Å². The molecule has 0 unspecified atom stereocenters. The predicted molar refractivity (Wildman–Crippen MR) is 129 cm³/mol. The van der Waals surface area contributed by atoms with Crippen LogP contribution in [0.2, 0.25) is 5.02 Å². The molecule has 182 valence electrons. The molecule has 1 saturated carbocycles. The highest BCUT2D eigenvalue weighted by Crippen LogP contribution is 2.27. The van der Waals surface area contributed by atoms with E-state index in [0.29, 0.717) is 55.0 Å². The number of rotatable bonds is 8. The van der Waals surface area contributed by atoms with Gasteiger partial charge in [-0.1, -0.05) is 23.7 Å². The fourth-order valence-electron chi connectivity index (χ4n) is 4.05. The zero-order valence-corrected chi connectivity index (χ0v) is 20.3. The second kappa shape index (κ2) is 11.1. The maximum atomic E-state index is 12.8. The Labute approximate surface area is 205 Å². The third-order valence-electron chi connectivity index (χ3n) is 6.23. The van der Waals surface area contributed by atoms with Crippen molar-refractivity contribution in [2.24, 2.45) is 0 Å². The summed E-state index contributed by atoms with van der Waals surface area (Å²) < 4.78 is 11.3. The van der Waals surface area contributed by atoms with Crippen molar-refractivity contribution in [3.05, 3.63) is 58.4 Å². The maximum Gasteiger partial charge on any atom is 0.409 e. The van der Waals surface area contributed by atoms with Crippen LogP contribution in [-0.2, 0) is 17.8 Å². The third-order valence-corrected chi connectivity index (χ3v) is 6.48. The number of hydrogen-bond acceptors (Lipinski definition) is 6. The normalized spacial score (nSPS) is 20.0. The van der Waals surface area contributed by atoms with Gasteiger partial charge in [0.05, 0.1) is 7.11 Å². The number of ether oxygens (including phenoxy) is 2. The molecular weight excluding hydrogens is 456 g/mol. The first-order chi connectivity index (χ1) is 16.4. The molecule has 0 spiro atoms. The molecule has 1 aromatic carbocycles. The van der Waals surface area contributed by atoms with E-state index in [-0.39, 0.29) is 24.1 Å². The second-order valence-electron chi connectivity index (χ2n) is 8.92. The van der Waals surface area contributed by atoms with E-state index in [2.05, 4.69) is 15.6 Å². The highest BCUT2D eigenvalue weighted by molar-refractivity contribution is 6.30. The molecule has 4 rings (SSSR count). The molecule has 1 aromatic heterocycles. The van der Waals surface area contributed by atoms with Crippen molar-refractivity contribution in [1.29, 1.82) is 0 Å². The Morgan fingerprint density at radius 2 is 1.94 bits per heavy atom. The number of likely N-dealkylation sites (tertiary alicyclic amines) is 1. The van der Waals surface area contributed by atoms with Crippen molar-refractivity contribution in [1.82, 2.24) is 20.5 Å². The van der Waals surface area contributed by atoms with E-state index in [0.717, 1.165) is 11.1 Å². The Kier molecular flexibility index (Phi) is 7.90. The molecule has 2 aliphatic rings. The number of carbonyl (C=O) groups excluding carboxylic acids is 2. The molecule has 2 atom stereocenters. The number of nitrogens with one attached hydrogen (secondary N) is 2. The van der Waals surface area contributed by atoms with Crippen LogP contribution in [0.25, 0.3) is 0 Å². The lowest BCUT2D eigenvalue weighted by Crippen LogP contribution is -2.47. The van der Waals surface area contributed by atoms with Gasteiger partial charge in [0.2, 0.25) is 0 Å². The van der Waals surface area contributed by atoms with Gasteiger partial charge in [-0.3, -0.25) is 9.78 Å². The molecule has 1 saturated heterocycles. The molecule has 2 aromatic rings. The number of carbonyl (C=O) groups is 2. The lowest BCUT2D eigenvalue weighted by Gasteiger charge is -2.36. The van der Waals surface area contributed by atoms with Crippen LogP contribution >= 0.6 is 11.6 Å². The number of pyridine rings is 1. The summed E-state index contributed by atoms with van der Waals surface area (Å²) in [5.41, 5.74) is 2.18. The first kappa shape index (κ1) is 24.3. The van der Waals surface area contributed by atoms with Crippen LogP contribution in [0.1, 0.15) is 54.2 Å². The smallest absolute Gasteiger partial charge is 0.409 e. The van der Waals surface area contributed by atoms with Crippen molar-refractivity contribution >= 4 is 23.6 Å². The van der Waals surface area contributed by atoms with Crippen LogP contribution < -0.4 is 15.4 Å². The molecule has 1 aliphatic carbocycles. The van der Waals surface area contributed by atoms with E-state index in [9.17, 15) is 9.59 Å². The molecule has 2 amide bonds. The van der Waals surface area contributed by atoms with Crippen LogP contribution in [0.4, 0.5) is 4.79 Å². The van der Waals surface area contributed by atoms with Gasteiger partial charge in [-0.05, 0) is 37.5 Å². The average Bonchev–Trinajstić information content (AvgIpc) is 3.67. The Balaban J connectivity index is 1.44. The number of aromatic nitrogens is 1. The van der Waals surface area contributed by atoms with Crippen LogP contribution in [0.5, 0.6) is 5.75 Å². The van der Waals surface area contributed by atoms with Crippen LogP contribution in [0.15, 0.2) is 36.5 Å². The SMILES string of the molecule is COC(=O)N1CC[C@H](Oc2cc(C(=O)NCc3ccc(Cl)cc3)ncc2CNC2CC2)C[C@H]1C. The topological polar surface area (TPSA) is 92.8 Å². The molecule has 2 heterocycles. The summed E-state index contributed by atoms with van der Waals surface area (Å²) in [4.78, 5) is 30.9. The van der Waals surface area contributed by atoms with Crippen LogP contribution in [-0.4, -0.2) is 53.7 Å². The first-order valence-corrected chi connectivity index (χ1v) is 12.1. The third kappa shape index (κ3) is 6.39. The van der Waals surface area contributed by atoms with Crippen molar-refractivity contribution in [3.8, 4) is 5.75 Å². The monoisotopic (exact) mass is 486 g/mol. The molecule has 2 N–H and O–H groups in total. The summed E-state index contributed by atoms with van der Waals surface area (Å²) >= 11 is 5.93. The zero-order valence-electron chi connectivity index (χ0n) is 19.6. The van der Waals surface area contributed by atoms with E-state index in [1.807, 2.05) is 19.1 Å². The lowest BCUT2D eigenvalue weighted by atomic mass is 10.0. The molecule has 8 nitrogen and oxygen atoms in total. The van der Waals surface area contributed by atoms with Gasteiger partial charge in [-0.2, -0.15) is 0 Å². The first-order valence-electron chi connectivity index (χ1n) is 11.7. The number of benzene rings is 1. The standard InChI is InChI=1S/C25H31ClN4O4/c1-16-11-21(9-10-30(16)25(32)33-2)34-23-12-22(28-15-18(23)14-27-20-7-8-20)24(31)29-13-17-3-5-19(26)6-4-17/h3-6,12,15-16,20-21,27H,7-11,13-14H2,1-2H3,(H,29,31)/t16-,21+/m1/s1. The summed E-state index contributed by atoms with van der Waals surface area (Å²) in [6, 6.07) is 9.60. The van der Waals surface area contributed by atoms with Gasteiger partial charge in [0.15, 0.2) is 0 Å². The largest absolute Gasteiger partial charge is 0.490 e. The fourth-order valence-corrected chi connectivity index (χ4v) is 4.18. The number of hydrogen-bond donors (Lipinski definition) is 2. The minimum Gasteiger partial charge on any atom is -0.490 e. The minimum absolute atomic E-state index is 0.00298. The molecule has 1 aliphatic heterocycles. The van der Waals surface area contributed by atoms with E-state index >= 15 is 0 Å². The van der Waals surface area contributed by atoms with Crippen molar-refractivity contribution in [2.45, 2.75) is 63.9 Å². The quantitative estimate of drug-likeness (QED) is 0.587. The van der Waals surface area contributed by atoms with E-state index < -0.39 is 0 Å². The minimum atomic E-state index is -0.316. The number of piperidine rings is 1. The molecule has 0 bridgehead atoms. The zero-order chi connectivity index (χ0) is 24.1. The molecular formula is C25H31ClN4O4. The number of methoxy groups -OCH3 is 1. The van der Waals surface area contributed by atoms with Crippen molar-refractivity contribution < 1.29 is 19.1 Å². The lowest BCUT2D eigenvalue weighted by molar-refractivity contribution is 0.0514. The van der Waals surface area contributed by atoms with Crippen molar-refractivity contribution in [2.75, 3.05) is 13.7 Å². The van der Waals surface area contributed by atoms with E-state index in [1.165, 1.54) is 20.0 Å². The van der Waals surface area contributed by atoms with Gasteiger partial charge < -0.3 is 25.0 Å². The Morgan fingerprint density at radius 3 is 2.62 bits per heavy atom. The molecule has 9 heteroatoms. The highest BCUT2D eigenvalue weighted by atomic mass is 35.5. The number of halogens is 1. The Bertz CT molecular complexity index is 1010. The summed E-state index contributed by atoms with van der Waals surface area (Å²) in [6.45, 7) is 3.57. The second-order valence-corrected chi connectivity index (χ2v) is 9.35. The van der Waals surface area contributed by atoms with Gasteiger partial charge >= 0.3 is 6.09 Å². The Morgan fingerprint density at radius 1 is 1.18 bits per heavy atom. The van der Waals surface area contributed by atoms with Crippen LogP contribution in [0, 0.1) is 0 Å². The molecule has 2 fully saturated rings. The van der Waals surface area contributed by atoms with Crippen LogP contribution in [0.3, 0.4) is 0 Å². The Hall–Kier alpha value is -2.84. The number of amides is 2. The summed E-state index contributed by atoms with van der Waals surface area (Å²) in [6.07, 6.45) is 5.07. The fraction of sp³-hybridized carbons (Fsp3) is 0.480. The van der Waals surface area contributed by atoms with Gasteiger partial charge in [-0.25, -0.2) is 4.79 Å². The van der Waals surface area contributed by atoms with Crippen molar-refractivity contribution in [3.63, 3.8) is 0 Å². The average molecular weight is 487 g/mol. The predicted octanol–water partition coefficient (Wildman–Crippen LogP) is 3.92. The molecule has 0 radical (unpaired) electrons. The molecule has 34 heavy (non-hydrogen) atoms.